The van der Waals surface area contributed by atoms with Gasteiger partial charge in [0.15, 0.2) is 0 Å². The molecule has 1 aliphatic rings. The number of halogens is 1. The molecule has 0 saturated carbocycles. The van der Waals surface area contributed by atoms with Crippen molar-refractivity contribution in [2.75, 3.05) is 13.1 Å². The van der Waals surface area contributed by atoms with Crippen molar-refractivity contribution in [3.8, 4) is 11.5 Å². The molecule has 20 heavy (non-hydrogen) atoms. The van der Waals surface area contributed by atoms with Crippen molar-refractivity contribution in [2.24, 2.45) is 5.92 Å². The van der Waals surface area contributed by atoms with Gasteiger partial charge in [-0.3, -0.25) is 0 Å². The summed E-state index contributed by atoms with van der Waals surface area (Å²) in [5.41, 5.74) is 0.531. The number of aromatic nitrogens is 3. The second-order valence-electron chi connectivity index (χ2n) is 5.11. The number of aryl methyl sites for hydroxylation is 1. The molecule has 3 rings (SSSR count). The van der Waals surface area contributed by atoms with Gasteiger partial charge < -0.3 is 9.84 Å². The van der Waals surface area contributed by atoms with E-state index in [0.29, 0.717) is 17.4 Å². The molecule has 3 heterocycles. The van der Waals surface area contributed by atoms with Crippen molar-refractivity contribution in [2.45, 2.75) is 25.7 Å². The normalized spacial score (nSPS) is 16.4. The highest BCUT2D eigenvalue weighted by molar-refractivity contribution is 5.47. The number of nitrogens with zero attached hydrogens (tertiary/aromatic N) is 3. The lowest BCUT2D eigenvalue weighted by Crippen LogP contribution is -2.27. The first-order valence-corrected chi connectivity index (χ1v) is 6.96. The topological polar surface area (TPSA) is 63.8 Å². The van der Waals surface area contributed by atoms with Gasteiger partial charge in [-0.25, -0.2) is 9.37 Å². The van der Waals surface area contributed by atoms with Crippen LogP contribution in [0.2, 0.25) is 0 Å². The summed E-state index contributed by atoms with van der Waals surface area (Å²) in [4.78, 5) is 8.26. The van der Waals surface area contributed by atoms with E-state index in [9.17, 15) is 4.39 Å². The largest absolute Gasteiger partial charge is 0.339 e. The highest BCUT2D eigenvalue weighted by Gasteiger charge is 2.15. The van der Waals surface area contributed by atoms with Crippen LogP contribution in [0, 0.1) is 11.7 Å². The molecular formula is C14H17FN4O. The highest BCUT2D eigenvalue weighted by Crippen LogP contribution is 2.19. The summed E-state index contributed by atoms with van der Waals surface area (Å²) in [6.07, 6.45) is 5.43. The summed E-state index contributed by atoms with van der Waals surface area (Å²) in [5.74, 6) is 1.41. The van der Waals surface area contributed by atoms with Crippen LogP contribution in [0.1, 0.15) is 25.2 Å². The van der Waals surface area contributed by atoms with Crippen LogP contribution in [0.25, 0.3) is 11.5 Å². The zero-order valence-electron chi connectivity index (χ0n) is 11.2. The Labute approximate surface area is 116 Å². The Bertz CT molecular complexity index is 549. The summed E-state index contributed by atoms with van der Waals surface area (Å²) < 4.78 is 18.0. The third-order valence-corrected chi connectivity index (χ3v) is 3.65. The van der Waals surface area contributed by atoms with Gasteiger partial charge >= 0.3 is 0 Å². The van der Waals surface area contributed by atoms with E-state index in [1.165, 1.54) is 18.9 Å². The van der Waals surface area contributed by atoms with E-state index in [1.807, 2.05) is 0 Å². The zero-order chi connectivity index (χ0) is 13.8. The van der Waals surface area contributed by atoms with E-state index in [0.717, 1.165) is 38.0 Å². The van der Waals surface area contributed by atoms with Crippen molar-refractivity contribution in [3.63, 3.8) is 0 Å². The average molecular weight is 276 g/mol. The minimum atomic E-state index is -0.372. The lowest BCUT2D eigenvalue weighted by molar-refractivity contribution is 0.324. The van der Waals surface area contributed by atoms with Crippen molar-refractivity contribution in [3.05, 3.63) is 30.0 Å². The summed E-state index contributed by atoms with van der Waals surface area (Å²) in [6.45, 7) is 2.19. The molecule has 0 aromatic carbocycles. The molecule has 1 N–H and O–H groups in total. The van der Waals surface area contributed by atoms with Gasteiger partial charge in [0.25, 0.3) is 0 Å². The lowest BCUT2D eigenvalue weighted by atomic mass is 9.93. The molecule has 1 saturated heterocycles. The van der Waals surface area contributed by atoms with Gasteiger partial charge in [-0.2, -0.15) is 4.98 Å². The molecule has 2 aromatic rings. The number of nitrogens with one attached hydrogen (secondary N) is 1. The van der Waals surface area contributed by atoms with Crippen LogP contribution in [0.3, 0.4) is 0 Å². The second kappa shape index (κ2) is 6.09. The molecular weight excluding hydrogens is 259 g/mol. The molecule has 0 unspecified atom stereocenters. The second-order valence-corrected chi connectivity index (χ2v) is 5.11. The van der Waals surface area contributed by atoms with Crippen LogP contribution < -0.4 is 5.32 Å². The molecule has 1 aliphatic heterocycles. The Morgan fingerprint density at radius 3 is 2.90 bits per heavy atom. The zero-order valence-corrected chi connectivity index (χ0v) is 11.2. The van der Waals surface area contributed by atoms with E-state index in [4.69, 9.17) is 4.52 Å². The van der Waals surface area contributed by atoms with Gasteiger partial charge in [0.2, 0.25) is 11.7 Å². The van der Waals surface area contributed by atoms with Gasteiger partial charge in [0.1, 0.15) is 11.5 Å². The molecule has 1 fully saturated rings. The Morgan fingerprint density at radius 1 is 1.30 bits per heavy atom. The summed E-state index contributed by atoms with van der Waals surface area (Å²) in [5, 5.41) is 7.25. The smallest absolute Gasteiger partial charge is 0.227 e. The molecule has 6 heteroatoms. The lowest BCUT2D eigenvalue weighted by Gasteiger charge is -2.21. The Hall–Kier alpha value is -1.82. The minimum Gasteiger partial charge on any atom is -0.339 e. The summed E-state index contributed by atoms with van der Waals surface area (Å²) in [7, 11) is 0. The number of pyridine rings is 1. The molecule has 0 aliphatic carbocycles. The quantitative estimate of drug-likeness (QED) is 0.927. The van der Waals surface area contributed by atoms with E-state index in [2.05, 4.69) is 20.4 Å². The van der Waals surface area contributed by atoms with E-state index in [1.54, 1.807) is 6.07 Å². The fraction of sp³-hybridized carbons (Fsp3) is 0.500. The fourth-order valence-corrected chi connectivity index (χ4v) is 2.47. The van der Waals surface area contributed by atoms with Crippen LogP contribution in [0.5, 0.6) is 0 Å². The first-order valence-electron chi connectivity index (χ1n) is 6.96. The molecule has 106 valence electrons. The standard InChI is InChI=1S/C14H17FN4O/c15-11-2-3-12(17-9-11)14-18-13(20-19-14)4-1-10-5-7-16-8-6-10/h2-3,9-10,16H,1,4-8H2. The van der Waals surface area contributed by atoms with Gasteiger partial charge in [-0.15, -0.1) is 0 Å². The van der Waals surface area contributed by atoms with E-state index >= 15 is 0 Å². The molecule has 0 bridgehead atoms. The van der Waals surface area contributed by atoms with Crippen LogP contribution in [-0.4, -0.2) is 28.2 Å². The van der Waals surface area contributed by atoms with E-state index in [-0.39, 0.29) is 5.82 Å². The molecule has 0 amide bonds. The maximum absolute atomic E-state index is 12.8. The molecule has 0 atom stereocenters. The Kier molecular flexibility index (Phi) is 4.01. The third-order valence-electron chi connectivity index (χ3n) is 3.65. The predicted octanol–water partition coefficient (Wildman–Crippen LogP) is 2.20. The van der Waals surface area contributed by atoms with Gasteiger partial charge in [0.05, 0.1) is 6.20 Å². The van der Waals surface area contributed by atoms with Crippen LogP contribution in [0.4, 0.5) is 4.39 Å². The highest BCUT2D eigenvalue weighted by atomic mass is 19.1. The van der Waals surface area contributed by atoms with Gasteiger partial charge in [0, 0.05) is 6.42 Å². The monoisotopic (exact) mass is 276 g/mol. The Balaban J connectivity index is 1.60. The first-order chi connectivity index (χ1) is 9.81. The maximum Gasteiger partial charge on any atom is 0.227 e. The summed E-state index contributed by atoms with van der Waals surface area (Å²) in [6, 6.07) is 2.89. The predicted molar refractivity (Wildman–Crippen MR) is 71.4 cm³/mol. The molecule has 0 spiro atoms. The third kappa shape index (κ3) is 3.19. The van der Waals surface area contributed by atoms with Gasteiger partial charge in [-0.1, -0.05) is 5.16 Å². The Morgan fingerprint density at radius 2 is 2.15 bits per heavy atom. The molecule has 0 radical (unpaired) electrons. The molecule has 2 aromatic heterocycles. The van der Waals surface area contributed by atoms with Crippen molar-refractivity contribution in [1.29, 1.82) is 0 Å². The van der Waals surface area contributed by atoms with Crippen LogP contribution >= 0.6 is 0 Å². The molecule has 5 nitrogen and oxygen atoms in total. The van der Waals surface area contributed by atoms with Crippen LogP contribution in [-0.2, 0) is 6.42 Å². The van der Waals surface area contributed by atoms with E-state index < -0.39 is 0 Å². The average Bonchev–Trinajstić information content (AvgIpc) is 2.96. The number of hydrogen-bond acceptors (Lipinski definition) is 5. The number of rotatable bonds is 4. The number of piperidine rings is 1. The van der Waals surface area contributed by atoms with Crippen molar-refractivity contribution in [1.82, 2.24) is 20.4 Å². The minimum absolute atomic E-state index is 0.372. The summed E-state index contributed by atoms with van der Waals surface area (Å²) >= 11 is 0. The van der Waals surface area contributed by atoms with Gasteiger partial charge in [-0.05, 0) is 50.4 Å². The van der Waals surface area contributed by atoms with Crippen molar-refractivity contribution < 1.29 is 8.91 Å². The first kappa shape index (κ1) is 13.2. The SMILES string of the molecule is Fc1ccc(-c2noc(CCC3CCNCC3)n2)nc1. The van der Waals surface area contributed by atoms with Crippen molar-refractivity contribution >= 4 is 0 Å². The maximum atomic E-state index is 12.8. The van der Waals surface area contributed by atoms with Crippen LogP contribution in [0.15, 0.2) is 22.9 Å². The fourth-order valence-electron chi connectivity index (χ4n) is 2.47. The number of hydrogen-bond donors (Lipinski definition) is 1.